The first-order valence-corrected chi connectivity index (χ1v) is 8.68. The molecular weight excluding hydrogens is 316 g/mol. The number of furan rings is 1. The Morgan fingerprint density at radius 3 is 3.12 bits per heavy atom. The lowest BCUT2D eigenvalue weighted by atomic mass is 10.2. The number of carbonyl (C=O) groups excluding carboxylic acids is 1. The fourth-order valence-corrected chi connectivity index (χ4v) is 3.51. The number of aryl methyl sites for hydroxylation is 1. The first kappa shape index (κ1) is 15.9. The van der Waals surface area contributed by atoms with E-state index in [0.29, 0.717) is 13.1 Å². The molecule has 4 rings (SSSR count). The van der Waals surface area contributed by atoms with Crippen molar-refractivity contribution in [3.8, 4) is 0 Å². The summed E-state index contributed by atoms with van der Waals surface area (Å²) in [6, 6.07) is 7.68. The lowest BCUT2D eigenvalue weighted by Gasteiger charge is -2.22. The molecule has 1 aliphatic heterocycles. The fraction of sp³-hybridized carbons (Fsp3) is 0.368. The van der Waals surface area contributed by atoms with Crippen molar-refractivity contribution in [3.63, 3.8) is 0 Å². The summed E-state index contributed by atoms with van der Waals surface area (Å²) in [5.74, 6) is 0.836. The second kappa shape index (κ2) is 6.72. The molecule has 1 aliphatic rings. The second-order valence-corrected chi connectivity index (χ2v) is 6.58. The van der Waals surface area contributed by atoms with E-state index in [2.05, 4.69) is 29.4 Å². The van der Waals surface area contributed by atoms with Crippen LogP contribution in [0.4, 0.5) is 0 Å². The zero-order chi connectivity index (χ0) is 17.2. The topological polar surface area (TPSA) is 62.8 Å². The maximum absolute atomic E-state index is 12.5. The minimum atomic E-state index is -0.0964. The smallest absolute Gasteiger partial charge is 0.237 e. The Balaban J connectivity index is 1.43. The number of nitrogens with one attached hydrogen (secondary N) is 1. The number of rotatable bonds is 5. The van der Waals surface area contributed by atoms with E-state index >= 15 is 0 Å². The normalized spacial score (nSPS) is 18.0. The summed E-state index contributed by atoms with van der Waals surface area (Å²) in [6.07, 6.45) is 7.60. The molecule has 1 amide bonds. The highest BCUT2D eigenvalue weighted by molar-refractivity contribution is 5.81. The van der Waals surface area contributed by atoms with Gasteiger partial charge in [0, 0.05) is 18.9 Å². The van der Waals surface area contributed by atoms with Crippen LogP contribution >= 0.6 is 0 Å². The molecule has 0 saturated carbocycles. The summed E-state index contributed by atoms with van der Waals surface area (Å²) >= 11 is 0. The average molecular weight is 338 g/mol. The summed E-state index contributed by atoms with van der Waals surface area (Å²) in [4.78, 5) is 19.5. The number of likely N-dealkylation sites (tertiary alicyclic amines) is 1. The van der Waals surface area contributed by atoms with E-state index < -0.39 is 0 Å². The van der Waals surface area contributed by atoms with E-state index in [1.807, 2.05) is 28.8 Å². The molecule has 1 fully saturated rings. The molecule has 0 spiro atoms. The van der Waals surface area contributed by atoms with E-state index in [9.17, 15) is 4.79 Å². The lowest BCUT2D eigenvalue weighted by molar-refractivity contribution is -0.125. The molecule has 0 bridgehead atoms. The van der Waals surface area contributed by atoms with Gasteiger partial charge in [-0.25, -0.2) is 4.98 Å². The van der Waals surface area contributed by atoms with Gasteiger partial charge < -0.3 is 14.1 Å². The van der Waals surface area contributed by atoms with Gasteiger partial charge in [-0.15, -0.1) is 0 Å². The third-order valence-electron chi connectivity index (χ3n) is 4.78. The van der Waals surface area contributed by atoms with Gasteiger partial charge in [0.15, 0.2) is 0 Å². The predicted molar refractivity (Wildman–Crippen MR) is 93.9 cm³/mol. The van der Waals surface area contributed by atoms with Crippen LogP contribution in [0.25, 0.3) is 5.65 Å². The van der Waals surface area contributed by atoms with Crippen LogP contribution in [0.5, 0.6) is 0 Å². The maximum atomic E-state index is 12.5. The minimum absolute atomic E-state index is 0.0637. The summed E-state index contributed by atoms with van der Waals surface area (Å²) in [5, 5.41) is 2.98. The highest BCUT2D eigenvalue weighted by Crippen LogP contribution is 2.21. The number of hydrogen-bond donors (Lipinski definition) is 1. The Kier molecular flexibility index (Phi) is 4.28. The molecule has 0 aromatic carbocycles. The molecule has 1 saturated heterocycles. The van der Waals surface area contributed by atoms with E-state index in [1.165, 1.54) is 0 Å². The van der Waals surface area contributed by atoms with Gasteiger partial charge in [-0.05, 0) is 50.1 Å². The van der Waals surface area contributed by atoms with Crippen LogP contribution in [0.1, 0.15) is 29.9 Å². The van der Waals surface area contributed by atoms with Crippen molar-refractivity contribution >= 4 is 11.6 Å². The zero-order valence-electron chi connectivity index (χ0n) is 14.3. The first-order chi connectivity index (χ1) is 12.2. The quantitative estimate of drug-likeness (QED) is 0.776. The Morgan fingerprint density at radius 2 is 2.32 bits per heavy atom. The largest absolute Gasteiger partial charge is 0.467 e. The molecule has 25 heavy (non-hydrogen) atoms. The van der Waals surface area contributed by atoms with Crippen LogP contribution in [0.3, 0.4) is 0 Å². The fourth-order valence-electron chi connectivity index (χ4n) is 3.51. The van der Waals surface area contributed by atoms with Gasteiger partial charge in [-0.3, -0.25) is 9.69 Å². The average Bonchev–Trinajstić information content (AvgIpc) is 3.34. The van der Waals surface area contributed by atoms with Crippen LogP contribution in [-0.4, -0.2) is 32.8 Å². The van der Waals surface area contributed by atoms with Crippen LogP contribution in [-0.2, 0) is 17.9 Å². The predicted octanol–water partition coefficient (Wildman–Crippen LogP) is 2.52. The Labute approximate surface area is 146 Å². The van der Waals surface area contributed by atoms with Crippen molar-refractivity contribution in [2.24, 2.45) is 0 Å². The number of aromatic nitrogens is 2. The first-order valence-electron chi connectivity index (χ1n) is 8.68. The molecule has 6 nitrogen and oxygen atoms in total. The Bertz CT molecular complexity index is 869. The Morgan fingerprint density at radius 1 is 1.40 bits per heavy atom. The number of amides is 1. The maximum Gasteiger partial charge on any atom is 0.237 e. The van der Waals surface area contributed by atoms with Gasteiger partial charge in [0.05, 0.1) is 24.5 Å². The second-order valence-electron chi connectivity index (χ2n) is 6.58. The van der Waals surface area contributed by atoms with E-state index in [4.69, 9.17) is 9.40 Å². The van der Waals surface area contributed by atoms with Crippen molar-refractivity contribution in [1.82, 2.24) is 19.6 Å². The third kappa shape index (κ3) is 3.30. The van der Waals surface area contributed by atoms with Crippen LogP contribution in [0, 0.1) is 6.92 Å². The summed E-state index contributed by atoms with van der Waals surface area (Å²) in [7, 11) is 0. The third-order valence-corrected chi connectivity index (χ3v) is 4.78. The highest BCUT2D eigenvalue weighted by atomic mass is 16.3. The molecule has 4 heterocycles. The molecule has 0 radical (unpaired) electrons. The zero-order valence-corrected chi connectivity index (χ0v) is 14.3. The summed E-state index contributed by atoms with van der Waals surface area (Å²) in [5.41, 5.74) is 3.14. The summed E-state index contributed by atoms with van der Waals surface area (Å²) in [6.45, 7) is 4.11. The van der Waals surface area contributed by atoms with Gasteiger partial charge in [0.2, 0.25) is 5.91 Å². The molecule has 3 aromatic rings. The minimum Gasteiger partial charge on any atom is -0.467 e. The number of nitrogens with zero attached hydrogens (tertiary/aromatic N) is 3. The molecule has 6 heteroatoms. The number of carbonyl (C=O) groups is 1. The van der Waals surface area contributed by atoms with E-state index in [0.717, 1.165) is 42.1 Å². The number of fused-ring (bicyclic) bond motifs is 1. The summed E-state index contributed by atoms with van der Waals surface area (Å²) < 4.78 is 7.32. The van der Waals surface area contributed by atoms with Crippen molar-refractivity contribution in [1.29, 1.82) is 0 Å². The van der Waals surface area contributed by atoms with E-state index in [1.54, 1.807) is 6.26 Å². The monoisotopic (exact) mass is 338 g/mol. The van der Waals surface area contributed by atoms with Crippen LogP contribution < -0.4 is 5.32 Å². The van der Waals surface area contributed by atoms with Crippen molar-refractivity contribution in [2.45, 2.75) is 38.9 Å². The Hall–Kier alpha value is -2.60. The molecule has 1 unspecified atom stereocenters. The van der Waals surface area contributed by atoms with Gasteiger partial charge in [-0.1, -0.05) is 6.07 Å². The van der Waals surface area contributed by atoms with Gasteiger partial charge in [0.1, 0.15) is 11.4 Å². The lowest BCUT2D eigenvalue weighted by Crippen LogP contribution is -2.42. The molecule has 3 aromatic heterocycles. The van der Waals surface area contributed by atoms with E-state index in [-0.39, 0.29) is 11.9 Å². The van der Waals surface area contributed by atoms with Crippen molar-refractivity contribution < 1.29 is 9.21 Å². The standard InChI is InChI=1S/C19H22N4O2/c1-14-5-2-9-23-13-15(21-18(14)23)12-22-8-3-7-17(22)19(24)20-11-16-6-4-10-25-16/h2,4-6,9-10,13,17H,3,7-8,11-12H2,1H3,(H,20,24). The molecule has 1 atom stereocenters. The molecule has 0 aliphatic carbocycles. The van der Waals surface area contributed by atoms with Crippen molar-refractivity contribution in [3.05, 3.63) is 59.9 Å². The number of hydrogen-bond acceptors (Lipinski definition) is 4. The molecule has 130 valence electrons. The number of imidazole rings is 1. The highest BCUT2D eigenvalue weighted by Gasteiger charge is 2.31. The van der Waals surface area contributed by atoms with Crippen LogP contribution in [0.15, 0.2) is 47.3 Å². The SMILES string of the molecule is Cc1cccn2cc(CN3CCCC3C(=O)NCc3ccco3)nc12. The van der Waals surface area contributed by atoms with Gasteiger partial charge in [-0.2, -0.15) is 0 Å². The van der Waals surface area contributed by atoms with Gasteiger partial charge >= 0.3 is 0 Å². The van der Waals surface area contributed by atoms with Crippen LogP contribution in [0.2, 0.25) is 0 Å². The van der Waals surface area contributed by atoms with Gasteiger partial charge in [0.25, 0.3) is 0 Å². The van der Waals surface area contributed by atoms with Crippen molar-refractivity contribution in [2.75, 3.05) is 6.54 Å². The molecule has 1 N–H and O–H groups in total. The molecular formula is C19H22N4O2. The number of pyridine rings is 1.